The van der Waals surface area contributed by atoms with E-state index in [2.05, 4.69) is 5.32 Å². The van der Waals surface area contributed by atoms with E-state index in [1.807, 2.05) is 0 Å². The van der Waals surface area contributed by atoms with Gasteiger partial charge in [0.25, 0.3) is 0 Å². The van der Waals surface area contributed by atoms with Gasteiger partial charge in [-0.2, -0.15) is 13.2 Å². The molecule has 0 unspecified atom stereocenters. The summed E-state index contributed by atoms with van der Waals surface area (Å²) in [5.41, 5.74) is -1.25. The monoisotopic (exact) mass is 601 g/mol. The van der Waals surface area contributed by atoms with Gasteiger partial charge < -0.3 is 10.2 Å². The fourth-order valence-electron chi connectivity index (χ4n) is 3.52. The molecule has 1 atom stereocenters. The van der Waals surface area contributed by atoms with Crippen molar-refractivity contribution >= 4 is 62.3 Å². The molecule has 0 saturated heterocycles. The summed E-state index contributed by atoms with van der Waals surface area (Å²) in [5.74, 6) is -1.35. The molecule has 0 aromatic heterocycles. The second-order valence-electron chi connectivity index (χ2n) is 8.01. The lowest BCUT2D eigenvalue weighted by Crippen LogP contribution is -2.52. The Morgan fingerprint density at radius 2 is 1.68 bits per heavy atom. The third-order valence-corrected chi connectivity index (χ3v) is 7.35. The van der Waals surface area contributed by atoms with E-state index in [-0.39, 0.29) is 29.6 Å². The predicted octanol–water partition coefficient (Wildman–Crippen LogP) is 5.38. The van der Waals surface area contributed by atoms with Gasteiger partial charge in [-0.15, -0.1) is 0 Å². The number of halogens is 6. The predicted molar refractivity (Wildman–Crippen MR) is 138 cm³/mol. The summed E-state index contributed by atoms with van der Waals surface area (Å²) >= 11 is 18.3. The van der Waals surface area contributed by atoms with Crippen molar-refractivity contribution in [3.63, 3.8) is 0 Å². The van der Waals surface area contributed by atoms with Crippen LogP contribution < -0.4 is 9.62 Å². The molecular formula is C23H25Cl3F3N3O4S. The molecule has 37 heavy (non-hydrogen) atoms. The van der Waals surface area contributed by atoms with Gasteiger partial charge in [0.05, 0.1) is 22.5 Å². The molecule has 0 radical (unpaired) electrons. The van der Waals surface area contributed by atoms with Gasteiger partial charge in [0.15, 0.2) is 0 Å². The van der Waals surface area contributed by atoms with Crippen LogP contribution in [0.25, 0.3) is 0 Å². The van der Waals surface area contributed by atoms with Crippen molar-refractivity contribution in [3.8, 4) is 0 Å². The minimum Gasteiger partial charge on any atom is -0.355 e. The number of likely N-dealkylation sites (N-methyl/N-ethyl adjacent to an activating group) is 1. The maximum Gasteiger partial charge on any atom is 0.416 e. The first-order chi connectivity index (χ1) is 17.1. The number of hydrogen-bond acceptors (Lipinski definition) is 4. The molecule has 0 aliphatic carbocycles. The third kappa shape index (κ3) is 8.13. The first-order valence-corrected chi connectivity index (χ1v) is 13.9. The topological polar surface area (TPSA) is 86.8 Å². The van der Waals surface area contributed by atoms with Crippen LogP contribution in [-0.2, 0) is 32.3 Å². The van der Waals surface area contributed by atoms with Crippen LogP contribution in [-0.4, -0.2) is 50.5 Å². The summed E-state index contributed by atoms with van der Waals surface area (Å²) in [6, 6.07) is 5.65. The van der Waals surface area contributed by atoms with Crippen molar-refractivity contribution in [1.82, 2.24) is 10.2 Å². The molecule has 7 nitrogen and oxygen atoms in total. The zero-order chi connectivity index (χ0) is 28.1. The minimum absolute atomic E-state index is 0.159. The Balaban J connectivity index is 2.57. The zero-order valence-electron chi connectivity index (χ0n) is 20.1. The smallest absolute Gasteiger partial charge is 0.355 e. The molecule has 1 N–H and O–H groups in total. The normalized spacial score (nSPS) is 12.7. The van der Waals surface area contributed by atoms with Gasteiger partial charge in [-0.05, 0) is 49.2 Å². The van der Waals surface area contributed by atoms with Crippen LogP contribution in [0.4, 0.5) is 18.9 Å². The Kier molecular flexibility index (Phi) is 10.5. The van der Waals surface area contributed by atoms with Crippen molar-refractivity contribution in [2.75, 3.05) is 23.7 Å². The van der Waals surface area contributed by atoms with Crippen LogP contribution >= 0.6 is 34.8 Å². The average molecular weight is 603 g/mol. The Morgan fingerprint density at radius 1 is 1.03 bits per heavy atom. The van der Waals surface area contributed by atoms with Crippen LogP contribution in [0.2, 0.25) is 15.1 Å². The summed E-state index contributed by atoms with van der Waals surface area (Å²) in [5, 5.41) is 2.86. The lowest BCUT2D eigenvalue weighted by molar-refractivity contribution is -0.140. The van der Waals surface area contributed by atoms with Gasteiger partial charge in [-0.3, -0.25) is 13.9 Å². The number of sulfonamides is 1. The van der Waals surface area contributed by atoms with Crippen LogP contribution in [0.3, 0.4) is 0 Å². The van der Waals surface area contributed by atoms with E-state index in [4.69, 9.17) is 34.8 Å². The molecule has 0 heterocycles. The number of nitrogens with one attached hydrogen (secondary N) is 1. The first kappa shape index (κ1) is 31.0. The lowest BCUT2D eigenvalue weighted by atomic mass is 10.1. The number of nitrogens with zero attached hydrogens (tertiary/aromatic N) is 2. The number of carbonyl (C=O) groups is 2. The summed E-state index contributed by atoms with van der Waals surface area (Å²) in [6.45, 7) is 2.50. The average Bonchev–Trinajstić information content (AvgIpc) is 2.77. The van der Waals surface area contributed by atoms with E-state index < -0.39 is 51.9 Å². The largest absolute Gasteiger partial charge is 0.416 e. The fraction of sp³-hybridized carbons (Fsp3) is 0.391. The number of hydrogen-bond donors (Lipinski definition) is 1. The zero-order valence-corrected chi connectivity index (χ0v) is 23.2. The van der Waals surface area contributed by atoms with E-state index in [0.29, 0.717) is 27.0 Å². The molecule has 204 valence electrons. The summed E-state index contributed by atoms with van der Waals surface area (Å²) in [6.07, 6.45) is -3.89. The summed E-state index contributed by atoms with van der Waals surface area (Å²) in [4.78, 5) is 27.5. The van der Waals surface area contributed by atoms with E-state index in [0.717, 1.165) is 17.2 Å². The number of benzene rings is 2. The van der Waals surface area contributed by atoms with Gasteiger partial charge in [-0.1, -0.05) is 47.8 Å². The Bertz CT molecular complexity index is 1260. The Labute approximate surface area is 228 Å². The van der Waals surface area contributed by atoms with E-state index >= 15 is 0 Å². The van der Waals surface area contributed by atoms with Gasteiger partial charge in [0, 0.05) is 23.1 Å². The Morgan fingerprint density at radius 3 is 2.19 bits per heavy atom. The molecule has 0 aliphatic rings. The quantitative estimate of drug-likeness (QED) is 0.396. The SMILES string of the molecule is CCNC(=O)[C@@H](CC)N(Cc1ccc(Cl)cc1Cl)C(=O)CN(c1cc(C(F)(F)F)ccc1Cl)S(C)(=O)=O. The second kappa shape index (κ2) is 12.6. The van der Waals surface area contributed by atoms with Gasteiger partial charge >= 0.3 is 6.18 Å². The van der Waals surface area contributed by atoms with Gasteiger partial charge in [0.2, 0.25) is 21.8 Å². The molecule has 0 spiro atoms. The van der Waals surface area contributed by atoms with Gasteiger partial charge in [0.1, 0.15) is 12.6 Å². The summed E-state index contributed by atoms with van der Waals surface area (Å²) < 4.78 is 65.7. The molecule has 2 aromatic carbocycles. The lowest BCUT2D eigenvalue weighted by Gasteiger charge is -2.33. The van der Waals surface area contributed by atoms with Crippen molar-refractivity contribution in [3.05, 3.63) is 62.6 Å². The molecule has 14 heteroatoms. The van der Waals surface area contributed by atoms with Crippen molar-refractivity contribution in [2.45, 2.75) is 39.0 Å². The highest BCUT2D eigenvalue weighted by atomic mass is 35.5. The number of carbonyl (C=O) groups excluding carboxylic acids is 2. The fourth-order valence-corrected chi connectivity index (χ4v) is 5.11. The number of anilines is 1. The van der Waals surface area contributed by atoms with Crippen molar-refractivity contribution in [1.29, 1.82) is 0 Å². The number of rotatable bonds is 10. The molecule has 0 bridgehead atoms. The first-order valence-electron chi connectivity index (χ1n) is 11.0. The molecule has 2 aromatic rings. The number of amides is 2. The molecular weight excluding hydrogens is 578 g/mol. The molecule has 0 saturated carbocycles. The molecule has 2 amide bonds. The van der Waals surface area contributed by atoms with Gasteiger partial charge in [-0.25, -0.2) is 8.42 Å². The van der Waals surface area contributed by atoms with Crippen molar-refractivity contribution in [2.24, 2.45) is 0 Å². The molecule has 0 aliphatic heterocycles. The maximum atomic E-state index is 13.6. The highest BCUT2D eigenvalue weighted by Crippen LogP contribution is 2.36. The van der Waals surface area contributed by atoms with Crippen LogP contribution in [0.5, 0.6) is 0 Å². The van der Waals surface area contributed by atoms with E-state index in [1.54, 1.807) is 19.9 Å². The standard InChI is InChI=1S/C23H25Cl3F3N3O4S/c1-4-19(22(34)30-5-2)31(12-14-6-8-16(24)11-18(14)26)21(33)13-32(37(3,35)36)20-10-15(23(27,28)29)7-9-17(20)25/h6-11,19H,4-5,12-13H2,1-3H3,(H,30,34)/t19-/m1/s1. The maximum absolute atomic E-state index is 13.6. The highest BCUT2D eigenvalue weighted by molar-refractivity contribution is 7.92. The third-order valence-electron chi connectivity index (χ3n) is 5.31. The van der Waals surface area contributed by atoms with E-state index in [9.17, 15) is 31.2 Å². The van der Waals surface area contributed by atoms with Crippen LogP contribution in [0.15, 0.2) is 36.4 Å². The Hall–Kier alpha value is -2.21. The van der Waals surface area contributed by atoms with E-state index in [1.165, 1.54) is 12.1 Å². The molecule has 0 fully saturated rings. The van der Waals surface area contributed by atoms with Crippen LogP contribution in [0.1, 0.15) is 31.4 Å². The summed E-state index contributed by atoms with van der Waals surface area (Å²) in [7, 11) is -4.29. The highest BCUT2D eigenvalue weighted by Gasteiger charge is 2.35. The van der Waals surface area contributed by atoms with Crippen molar-refractivity contribution < 1.29 is 31.2 Å². The number of alkyl halides is 3. The second-order valence-corrected chi connectivity index (χ2v) is 11.2. The minimum atomic E-state index is -4.78. The van der Waals surface area contributed by atoms with Crippen LogP contribution in [0, 0.1) is 0 Å². The molecule has 2 rings (SSSR count).